The van der Waals surface area contributed by atoms with E-state index in [2.05, 4.69) is 16.8 Å². The normalized spacial score (nSPS) is 15.8. The fourth-order valence-electron chi connectivity index (χ4n) is 3.88. The molecule has 3 aromatic rings. The standard InChI is InChI=1S/C23H25N3O3/c1-4-8-18-20(22(27)29-5-2)21(15-11-13-16(28-3)14-12-15)26-19-10-7-6-9-17(19)24-23(26)25-18/h6-7,9-14,21H,4-5,8H2,1-3H3,(H,24,25). The monoisotopic (exact) mass is 391 g/mol. The molecule has 0 radical (unpaired) electrons. The van der Waals surface area contributed by atoms with Gasteiger partial charge in [0.05, 0.1) is 36.4 Å². The van der Waals surface area contributed by atoms with Crippen LogP contribution < -0.4 is 10.1 Å². The second kappa shape index (κ2) is 7.99. The molecule has 1 atom stereocenters. The summed E-state index contributed by atoms with van der Waals surface area (Å²) in [6, 6.07) is 15.5. The molecular weight excluding hydrogens is 366 g/mol. The number of allylic oxidation sites excluding steroid dienone is 1. The first kappa shape index (κ1) is 19.1. The molecule has 1 unspecified atom stereocenters. The van der Waals surface area contributed by atoms with Crippen LogP contribution in [0.3, 0.4) is 0 Å². The number of anilines is 1. The van der Waals surface area contributed by atoms with E-state index in [1.165, 1.54) is 0 Å². The van der Waals surface area contributed by atoms with Crippen LogP contribution in [0.5, 0.6) is 5.75 Å². The van der Waals surface area contributed by atoms with Crippen LogP contribution in [0.4, 0.5) is 5.95 Å². The first-order valence-corrected chi connectivity index (χ1v) is 9.96. The Labute approximate surface area is 170 Å². The Morgan fingerprint density at radius 3 is 2.59 bits per heavy atom. The van der Waals surface area contributed by atoms with E-state index in [0.29, 0.717) is 12.2 Å². The molecule has 2 heterocycles. The van der Waals surface area contributed by atoms with E-state index in [4.69, 9.17) is 14.5 Å². The fraction of sp³-hybridized carbons (Fsp3) is 0.304. The van der Waals surface area contributed by atoms with Crippen molar-refractivity contribution in [2.24, 2.45) is 0 Å². The Kier molecular flexibility index (Phi) is 5.25. The average Bonchev–Trinajstić information content (AvgIpc) is 3.11. The molecule has 1 N–H and O–H groups in total. The van der Waals surface area contributed by atoms with Crippen LogP contribution in [-0.4, -0.2) is 29.2 Å². The third-order valence-electron chi connectivity index (χ3n) is 5.14. The molecule has 0 fully saturated rings. The quantitative estimate of drug-likeness (QED) is 0.618. The number of carbonyl (C=O) groups excluding carboxylic acids is 1. The lowest BCUT2D eigenvalue weighted by Crippen LogP contribution is -2.29. The molecule has 2 aromatic carbocycles. The number of nitrogens with zero attached hydrogens (tertiary/aromatic N) is 2. The van der Waals surface area contributed by atoms with E-state index < -0.39 is 0 Å². The number of para-hydroxylation sites is 2. The van der Waals surface area contributed by atoms with Crippen molar-refractivity contribution in [3.63, 3.8) is 0 Å². The zero-order valence-electron chi connectivity index (χ0n) is 16.9. The van der Waals surface area contributed by atoms with Crippen molar-refractivity contribution in [2.75, 3.05) is 19.0 Å². The highest BCUT2D eigenvalue weighted by atomic mass is 16.5. The number of esters is 1. The molecule has 0 saturated heterocycles. The van der Waals surface area contributed by atoms with Gasteiger partial charge in [0.25, 0.3) is 0 Å². The van der Waals surface area contributed by atoms with Gasteiger partial charge >= 0.3 is 5.97 Å². The minimum atomic E-state index is -0.329. The van der Waals surface area contributed by atoms with Crippen LogP contribution in [0.2, 0.25) is 0 Å². The van der Waals surface area contributed by atoms with Gasteiger partial charge in [-0.15, -0.1) is 0 Å². The first-order valence-electron chi connectivity index (χ1n) is 9.96. The number of aromatic nitrogens is 2. The van der Waals surface area contributed by atoms with E-state index >= 15 is 0 Å². The number of hydrogen-bond acceptors (Lipinski definition) is 5. The maximum absolute atomic E-state index is 13.1. The summed E-state index contributed by atoms with van der Waals surface area (Å²) in [5, 5.41) is 3.40. The Morgan fingerprint density at radius 2 is 1.90 bits per heavy atom. The Morgan fingerprint density at radius 1 is 1.14 bits per heavy atom. The van der Waals surface area contributed by atoms with Gasteiger partial charge in [-0.1, -0.05) is 37.6 Å². The molecule has 0 amide bonds. The highest BCUT2D eigenvalue weighted by molar-refractivity contribution is 5.94. The molecule has 150 valence electrons. The van der Waals surface area contributed by atoms with Crippen LogP contribution in [0.15, 0.2) is 59.8 Å². The molecule has 0 spiro atoms. The molecule has 0 bridgehead atoms. The van der Waals surface area contributed by atoms with E-state index in [1.807, 2.05) is 55.5 Å². The van der Waals surface area contributed by atoms with Crippen molar-refractivity contribution in [1.82, 2.24) is 9.55 Å². The zero-order chi connectivity index (χ0) is 20.4. The van der Waals surface area contributed by atoms with Gasteiger partial charge in [0.1, 0.15) is 5.75 Å². The fourth-order valence-corrected chi connectivity index (χ4v) is 3.88. The third kappa shape index (κ3) is 3.35. The minimum absolute atomic E-state index is 0.298. The Hall–Kier alpha value is -3.28. The molecule has 1 aliphatic rings. The van der Waals surface area contributed by atoms with Crippen molar-refractivity contribution < 1.29 is 14.3 Å². The van der Waals surface area contributed by atoms with Gasteiger partial charge in [0.15, 0.2) is 0 Å². The molecule has 6 nitrogen and oxygen atoms in total. The summed E-state index contributed by atoms with van der Waals surface area (Å²) in [5.74, 6) is 1.21. The minimum Gasteiger partial charge on any atom is -0.497 e. The van der Waals surface area contributed by atoms with Crippen molar-refractivity contribution >= 4 is 23.0 Å². The lowest BCUT2D eigenvalue weighted by molar-refractivity contribution is -0.139. The summed E-state index contributed by atoms with van der Waals surface area (Å²) in [5.41, 5.74) is 4.33. The maximum Gasteiger partial charge on any atom is 0.338 e. The number of hydrogen-bond donors (Lipinski definition) is 1. The largest absolute Gasteiger partial charge is 0.497 e. The van der Waals surface area contributed by atoms with Crippen LogP contribution >= 0.6 is 0 Å². The number of benzene rings is 2. The summed E-state index contributed by atoms with van der Waals surface area (Å²) in [6.45, 7) is 4.25. The number of methoxy groups -OCH3 is 1. The van der Waals surface area contributed by atoms with E-state index in [-0.39, 0.29) is 12.0 Å². The van der Waals surface area contributed by atoms with Gasteiger partial charge in [-0.05, 0) is 43.2 Å². The number of fused-ring (bicyclic) bond motifs is 3. The summed E-state index contributed by atoms with van der Waals surface area (Å²) in [7, 11) is 1.64. The lowest BCUT2D eigenvalue weighted by atomic mass is 9.93. The predicted molar refractivity (Wildman–Crippen MR) is 113 cm³/mol. The Bertz CT molecular complexity index is 1070. The topological polar surface area (TPSA) is 65.4 Å². The number of rotatable bonds is 6. The summed E-state index contributed by atoms with van der Waals surface area (Å²) >= 11 is 0. The predicted octanol–water partition coefficient (Wildman–Crippen LogP) is 4.68. The zero-order valence-corrected chi connectivity index (χ0v) is 16.9. The van der Waals surface area contributed by atoms with E-state index in [9.17, 15) is 4.79 Å². The van der Waals surface area contributed by atoms with Crippen LogP contribution in [0.1, 0.15) is 38.3 Å². The van der Waals surface area contributed by atoms with E-state index in [1.54, 1.807) is 7.11 Å². The number of ether oxygens (including phenoxy) is 2. The summed E-state index contributed by atoms with van der Waals surface area (Å²) in [6.07, 6.45) is 1.64. The Balaban J connectivity index is 1.96. The molecule has 1 aromatic heterocycles. The van der Waals surface area contributed by atoms with Gasteiger partial charge in [0, 0.05) is 5.70 Å². The van der Waals surface area contributed by atoms with Gasteiger partial charge in [-0.3, -0.25) is 4.57 Å². The maximum atomic E-state index is 13.1. The summed E-state index contributed by atoms with van der Waals surface area (Å²) in [4.78, 5) is 17.9. The van der Waals surface area contributed by atoms with E-state index in [0.717, 1.165) is 46.8 Å². The molecule has 0 saturated carbocycles. The van der Waals surface area contributed by atoms with Gasteiger partial charge < -0.3 is 14.8 Å². The average molecular weight is 391 g/mol. The summed E-state index contributed by atoms with van der Waals surface area (Å²) < 4.78 is 12.9. The van der Waals surface area contributed by atoms with Crippen molar-refractivity contribution in [3.05, 3.63) is 65.4 Å². The lowest BCUT2D eigenvalue weighted by Gasteiger charge is -2.31. The SMILES string of the molecule is CCCC1=C(C(=O)OCC)C(c2ccc(OC)cc2)n2c(nc3ccccc32)N1. The van der Waals surface area contributed by atoms with Crippen molar-refractivity contribution in [3.8, 4) is 5.75 Å². The molecular formula is C23H25N3O3. The first-order chi connectivity index (χ1) is 14.2. The van der Waals surface area contributed by atoms with Gasteiger partial charge in [-0.25, -0.2) is 9.78 Å². The number of imidazole rings is 1. The molecule has 0 aliphatic carbocycles. The molecule has 4 rings (SSSR count). The molecule has 6 heteroatoms. The highest BCUT2D eigenvalue weighted by Crippen LogP contribution is 2.40. The molecule has 1 aliphatic heterocycles. The molecule has 29 heavy (non-hydrogen) atoms. The third-order valence-corrected chi connectivity index (χ3v) is 5.14. The van der Waals surface area contributed by atoms with Crippen molar-refractivity contribution in [1.29, 1.82) is 0 Å². The number of carbonyl (C=O) groups is 1. The second-order valence-corrected chi connectivity index (χ2v) is 6.96. The number of nitrogens with one attached hydrogen (secondary N) is 1. The van der Waals surface area contributed by atoms with Gasteiger partial charge in [-0.2, -0.15) is 0 Å². The van der Waals surface area contributed by atoms with Crippen molar-refractivity contribution in [2.45, 2.75) is 32.7 Å². The smallest absolute Gasteiger partial charge is 0.338 e. The van der Waals surface area contributed by atoms with Crippen LogP contribution in [-0.2, 0) is 9.53 Å². The second-order valence-electron chi connectivity index (χ2n) is 6.96. The van der Waals surface area contributed by atoms with Gasteiger partial charge in [0.2, 0.25) is 5.95 Å². The highest BCUT2D eigenvalue weighted by Gasteiger charge is 2.35. The van der Waals surface area contributed by atoms with Crippen LogP contribution in [0, 0.1) is 0 Å². The van der Waals surface area contributed by atoms with Crippen LogP contribution in [0.25, 0.3) is 11.0 Å².